The molecule has 0 radical (unpaired) electrons. The molecule has 0 saturated carbocycles. The second kappa shape index (κ2) is 5.38. The lowest BCUT2D eigenvalue weighted by molar-refractivity contribution is -0.387. The van der Waals surface area contributed by atoms with Gasteiger partial charge in [0.15, 0.2) is 0 Å². The van der Waals surface area contributed by atoms with Crippen LogP contribution in [-0.2, 0) is 0 Å². The van der Waals surface area contributed by atoms with Crippen molar-refractivity contribution in [2.75, 3.05) is 13.1 Å². The Morgan fingerprint density at radius 3 is 2.57 bits per heavy atom. The first kappa shape index (κ1) is 15.3. The van der Waals surface area contributed by atoms with Crippen LogP contribution in [0.3, 0.4) is 0 Å². The number of halogens is 2. The summed E-state index contributed by atoms with van der Waals surface area (Å²) in [5, 5.41) is 10.5. The monoisotopic (exact) mass is 298 g/mol. The van der Waals surface area contributed by atoms with Crippen molar-refractivity contribution < 1.29 is 18.5 Å². The summed E-state index contributed by atoms with van der Waals surface area (Å²) in [4.78, 5) is 23.3. The molecule has 1 aromatic carbocycles. The van der Waals surface area contributed by atoms with Crippen LogP contribution in [0.25, 0.3) is 0 Å². The first-order valence-electron chi connectivity index (χ1n) is 6.64. The van der Waals surface area contributed by atoms with Gasteiger partial charge in [0.2, 0.25) is 5.82 Å². The third-order valence-corrected chi connectivity index (χ3v) is 3.65. The Balaban J connectivity index is 2.31. The van der Waals surface area contributed by atoms with E-state index in [1.807, 2.05) is 13.8 Å². The average molecular weight is 298 g/mol. The van der Waals surface area contributed by atoms with Crippen LogP contribution >= 0.6 is 0 Å². The molecule has 1 saturated heterocycles. The van der Waals surface area contributed by atoms with Crippen molar-refractivity contribution in [2.45, 2.75) is 26.7 Å². The number of carbonyl (C=O) groups is 1. The van der Waals surface area contributed by atoms with E-state index in [1.165, 1.54) is 4.90 Å². The number of nitro groups is 1. The highest BCUT2D eigenvalue weighted by Crippen LogP contribution is 2.30. The number of piperidine rings is 1. The molecule has 2 rings (SSSR count). The number of nitro benzene ring substituents is 1. The molecule has 0 aliphatic carbocycles. The highest BCUT2D eigenvalue weighted by Gasteiger charge is 2.31. The molecule has 1 amide bonds. The second-order valence-corrected chi connectivity index (χ2v) is 6.04. The maximum atomic E-state index is 13.9. The van der Waals surface area contributed by atoms with Crippen molar-refractivity contribution in [2.24, 2.45) is 5.41 Å². The zero-order chi connectivity index (χ0) is 15.8. The van der Waals surface area contributed by atoms with Gasteiger partial charge in [0.05, 0.1) is 16.6 Å². The van der Waals surface area contributed by atoms with Gasteiger partial charge < -0.3 is 4.90 Å². The summed E-state index contributed by atoms with van der Waals surface area (Å²) in [6.45, 7) is 4.92. The zero-order valence-electron chi connectivity index (χ0n) is 11.9. The SMILES string of the molecule is CC1(C)CCCN(C(=O)c2cc(F)c([N+](=O)[O-])cc2F)C1. The topological polar surface area (TPSA) is 63.5 Å². The summed E-state index contributed by atoms with van der Waals surface area (Å²) in [7, 11) is 0. The third-order valence-electron chi connectivity index (χ3n) is 3.65. The van der Waals surface area contributed by atoms with Gasteiger partial charge >= 0.3 is 5.69 Å². The van der Waals surface area contributed by atoms with Gasteiger partial charge in [0, 0.05) is 13.1 Å². The number of rotatable bonds is 2. The highest BCUT2D eigenvalue weighted by molar-refractivity contribution is 5.94. The number of benzene rings is 1. The van der Waals surface area contributed by atoms with Gasteiger partial charge in [-0.3, -0.25) is 14.9 Å². The number of hydrogen-bond donors (Lipinski definition) is 0. The van der Waals surface area contributed by atoms with Gasteiger partial charge in [-0.1, -0.05) is 13.8 Å². The molecular formula is C14H16F2N2O3. The van der Waals surface area contributed by atoms with Crippen molar-refractivity contribution in [3.05, 3.63) is 39.4 Å². The Morgan fingerprint density at radius 1 is 1.33 bits per heavy atom. The van der Waals surface area contributed by atoms with Crippen molar-refractivity contribution in [1.82, 2.24) is 4.90 Å². The molecule has 0 spiro atoms. The molecule has 1 fully saturated rings. The number of amides is 1. The normalized spacial score (nSPS) is 17.6. The Morgan fingerprint density at radius 2 is 2.00 bits per heavy atom. The van der Waals surface area contributed by atoms with Crippen LogP contribution in [0.4, 0.5) is 14.5 Å². The summed E-state index contributed by atoms with van der Waals surface area (Å²) in [6, 6.07) is 1.06. The van der Waals surface area contributed by atoms with Gasteiger partial charge in [-0.25, -0.2) is 4.39 Å². The summed E-state index contributed by atoms with van der Waals surface area (Å²) < 4.78 is 27.5. The maximum absolute atomic E-state index is 13.9. The Bertz CT molecular complexity index is 602. The van der Waals surface area contributed by atoms with E-state index in [0.29, 0.717) is 25.2 Å². The molecule has 0 atom stereocenters. The minimum Gasteiger partial charge on any atom is -0.338 e. The molecule has 0 N–H and O–H groups in total. The molecule has 1 aliphatic rings. The van der Waals surface area contributed by atoms with Gasteiger partial charge in [0.1, 0.15) is 5.82 Å². The van der Waals surface area contributed by atoms with E-state index in [2.05, 4.69) is 0 Å². The van der Waals surface area contributed by atoms with Crippen LogP contribution in [-0.4, -0.2) is 28.8 Å². The summed E-state index contributed by atoms with van der Waals surface area (Å²) >= 11 is 0. The Labute approximate surface area is 120 Å². The lowest BCUT2D eigenvalue weighted by atomic mass is 9.84. The van der Waals surface area contributed by atoms with Crippen molar-refractivity contribution in [3.63, 3.8) is 0 Å². The fourth-order valence-corrected chi connectivity index (χ4v) is 2.61. The number of hydrogen-bond acceptors (Lipinski definition) is 3. The molecule has 1 aromatic rings. The van der Waals surface area contributed by atoms with E-state index in [4.69, 9.17) is 0 Å². The van der Waals surface area contributed by atoms with Gasteiger partial charge in [-0.05, 0) is 24.3 Å². The van der Waals surface area contributed by atoms with E-state index in [1.54, 1.807) is 0 Å². The lowest BCUT2D eigenvalue weighted by Crippen LogP contribution is -2.43. The fourth-order valence-electron chi connectivity index (χ4n) is 2.61. The van der Waals surface area contributed by atoms with Crippen LogP contribution in [0.5, 0.6) is 0 Å². The number of carbonyl (C=O) groups excluding carboxylic acids is 1. The first-order chi connectivity index (χ1) is 9.71. The molecule has 5 nitrogen and oxygen atoms in total. The molecule has 7 heteroatoms. The van der Waals surface area contributed by atoms with Crippen LogP contribution in [0, 0.1) is 27.2 Å². The number of nitrogens with zero attached hydrogens (tertiary/aromatic N) is 2. The maximum Gasteiger partial charge on any atom is 0.307 e. The van der Waals surface area contributed by atoms with Crippen LogP contribution in [0.2, 0.25) is 0 Å². The van der Waals surface area contributed by atoms with Crippen molar-refractivity contribution in [1.29, 1.82) is 0 Å². The van der Waals surface area contributed by atoms with Crippen LogP contribution in [0.15, 0.2) is 12.1 Å². The van der Waals surface area contributed by atoms with E-state index in [0.717, 1.165) is 12.8 Å². The van der Waals surface area contributed by atoms with E-state index in [9.17, 15) is 23.7 Å². The minimum atomic E-state index is -1.21. The third kappa shape index (κ3) is 3.17. The molecule has 1 heterocycles. The molecular weight excluding hydrogens is 282 g/mol. The average Bonchev–Trinajstić information content (AvgIpc) is 2.38. The van der Waals surface area contributed by atoms with Crippen LogP contribution in [0.1, 0.15) is 37.0 Å². The summed E-state index contributed by atoms with van der Waals surface area (Å²) in [6.07, 6.45) is 1.74. The van der Waals surface area contributed by atoms with Crippen LogP contribution < -0.4 is 0 Å². The summed E-state index contributed by atoms with van der Waals surface area (Å²) in [5.41, 5.74) is -1.51. The predicted octanol–water partition coefficient (Wildman–Crippen LogP) is 3.14. The largest absolute Gasteiger partial charge is 0.338 e. The quantitative estimate of drug-likeness (QED) is 0.622. The molecule has 0 aromatic heterocycles. The Hall–Kier alpha value is -2.05. The van der Waals surface area contributed by atoms with E-state index < -0.39 is 33.7 Å². The fraction of sp³-hybridized carbons (Fsp3) is 0.500. The summed E-state index contributed by atoms with van der Waals surface area (Å²) in [5.74, 6) is -2.91. The molecule has 0 unspecified atom stereocenters. The molecule has 1 aliphatic heterocycles. The Kier molecular flexibility index (Phi) is 3.93. The van der Waals surface area contributed by atoms with Gasteiger partial charge in [-0.15, -0.1) is 0 Å². The second-order valence-electron chi connectivity index (χ2n) is 6.04. The van der Waals surface area contributed by atoms with E-state index in [-0.39, 0.29) is 5.41 Å². The predicted molar refractivity (Wildman–Crippen MR) is 71.9 cm³/mol. The first-order valence-corrected chi connectivity index (χ1v) is 6.64. The van der Waals surface area contributed by atoms with Gasteiger partial charge in [-0.2, -0.15) is 4.39 Å². The minimum absolute atomic E-state index is 0.0797. The molecule has 0 bridgehead atoms. The smallest absolute Gasteiger partial charge is 0.307 e. The zero-order valence-corrected chi connectivity index (χ0v) is 11.9. The molecule has 114 valence electrons. The molecule has 21 heavy (non-hydrogen) atoms. The highest BCUT2D eigenvalue weighted by atomic mass is 19.1. The van der Waals surface area contributed by atoms with Crippen molar-refractivity contribution >= 4 is 11.6 Å². The standard InChI is InChI=1S/C14H16F2N2O3/c1-14(2)4-3-5-17(8-14)13(19)9-6-11(16)12(18(20)21)7-10(9)15/h6-7H,3-5,8H2,1-2H3. The lowest BCUT2D eigenvalue weighted by Gasteiger charge is -2.38. The van der Waals surface area contributed by atoms with Gasteiger partial charge in [0.25, 0.3) is 5.91 Å². The number of likely N-dealkylation sites (tertiary alicyclic amines) is 1. The van der Waals surface area contributed by atoms with Crippen molar-refractivity contribution in [3.8, 4) is 0 Å². The van der Waals surface area contributed by atoms with E-state index >= 15 is 0 Å².